The fourth-order valence-electron chi connectivity index (χ4n) is 7.81. The van der Waals surface area contributed by atoms with Crippen molar-refractivity contribution in [3.8, 4) is 6.07 Å². The van der Waals surface area contributed by atoms with Crippen LogP contribution in [-0.2, 0) is 9.53 Å². The first-order valence-electron chi connectivity index (χ1n) is 16.7. The Hall–Kier alpha value is -1.04. The summed E-state index contributed by atoms with van der Waals surface area (Å²) in [4.78, 5) is 12.9. The van der Waals surface area contributed by atoms with E-state index in [0.29, 0.717) is 0 Å². The van der Waals surface area contributed by atoms with Crippen LogP contribution in [0.1, 0.15) is 168 Å². The highest BCUT2D eigenvalue weighted by atomic mass is 16.5. The lowest BCUT2D eigenvalue weighted by Gasteiger charge is -2.40. The summed E-state index contributed by atoms with van der Waals surface area (Å²) in [6.45, 7) is 4.54. The van der Waals surface area contributed by atoms with Crippen LogP contribution in [-0.4, -0.2) is 12.1 Å². The molecule has 0 amide bonds. The van der Waals surface area contributed by atoms with E-state index < -0.39 is 0 Å². The number of unbranched alkanes of at least 4 members (excludes halogenated alkanes) is 8. The zero-order chi connectivity index (χ0) is 26.3. The second kappa shape index (κ2) is 16.8. The molecule has 3 aliphatic carbocycles. The second-order valence-electron chi connectivity index (χ2n) is 13.3. The van der Waals surface area contributed by atoms with Crippen molar-refractivity contribution in [1.29, 1.82) is 5.26 Å². The van der Waals surface area contributed by atoms with Crippen LogP contribution in [0.4, 0.5) is 0 Å². The van der Waals surface area contributed by atoms with E-state index in [0.717, 1.165) is 62.7 Å². The highest BCUT2D eigenvalue weighted by Gasteiger charge is 2.39. The third kappa shape index (κ3) is 10.2. The van der Waals surface area contributed by atoms with Crippen molar-refractivity contribution in [2.75, 3.05) is 0 Å². The van der Waals surface area contributed by atoms with E-state index in [1.54, 1.807) is 0 Å². The topological polar surface area (TPSA) is 50.1 Å². The molecule has 3 saturated carbocycles. The molecule has 0 N–H and O–H groups in total. The van der Waals surface area contributed by atoms with Gasteiger partial charge in [-0.15, -0.1) is 0 Å². The Labute approximate surface area is 229 Å². The molecular formula is C34H59NO2. The van der Waals surface area contributed by atoms with Crippen molar-refractivity contribution < 1.29 is 9.53 Å². The minimum atomic E-state index is -0.0382. The normalized spacial score (nSPS) is 32.5. The molecule has 0 atom stereocenters. The van der Waals surface area contributed by atoms with Gasteiger partial charge >= 0.3 is 5.97 Å². The highest BCUT2D eigenvalue weighted by molar-refractivity contribution is 5.72. The molecule has 0 bridgehead atoms. The molecule has 3 rings (SSSR count). The molecule has 0 aromatic carbocycles. The molecule has 0 unspecified atom stereocenters. The molecule has 3 fully saturated rings. The summed E-state index contributed by atoms with van der Waals surface area (Å²) >= 11 is 0. The van der Waals surface area contributed by atoms with Crippen LogP contribution in [0.15, 0.2) is 0 Å². The van der Waals surface area contributed by atoms with Crippen molar-refractivity contribution in [2.24, 2.45) is 29.1 Å². The largest absolute Gasteiger partial charge is 0.462 e. The van der Waals surface area contributed by atoms with Gasteiger partial charge in [0.25, 0.3) is 0 Å². The summed E-state index contributed by atoms with van der Waals surface area (Å²) < 4.78 is 6.07. The Morgan fingerprint density at radius 2 is 1.30 bits per heavy atom. The van der Waals surface area contributed by atoms with E-state index >= 15 is 0 Å². The number of hydrogen-bond donors (Lipinski definition) is 0. The third-order valence-electron chi connectivity index (χ3n) is 10.5. The van der Waals surface area contributed by atoms with Gasteiger partial charge in [0.1, 0.15) is 6.10 Å². The summed E-state index contributed by atoms with van der Waals surface area (Å²) in [5, 5.41) is 9.95. The van der Waals surface area contributed by atoms with Gasteiger partial charge in [0, 0.05) is 0 Å². The van der Waals surface area contributed by atoms with Crippen molar-refractivity contribution in [3.05, 3.63) is 0 Å². The molecular weight excluding hydrogens is 454 g/mol. The molecule has 37 heavy (non-hydrogen) atoms. The summed E-state index contributed by atoms with van der Waals surface area (Å²) in [6, 6.07) is 2.75. The van der Waals surface area contributed by atoms with Gasteiger partial charge in [-0.2, -0.15) is 5.26 Å². The van der Waals surface area contributed by atoms with E-state index in [1.165, 1.54) is 109 Å². The number of esters is 1. The Morgan fingerprint density at radius 1 is 0.730 bits per heavy atom. The van der Waals surface area contributed by atoms with E-state index in [-0.39, 0.29) is 23.4 Å². The van der Waals surface area contributed by atoms with Crippen molar-refractivity contribution in [2.45, 2.75) is 174 Å². The lowest BCUT2D eigenvalue weighted by atomic mass is 9.64. The Morgan fingerprint density at radius 3 is 1.89 bits per heavy atom. The van der Waals surface area contributed by atoms with Gasteiger partial charge in [-0.1, -0.05) is 84.5 Å². The third-order valence-corrected chi connectivity index (χ3v) is 10.5. The molecule has 3 nitrogen and oxygen atoms in total. The Bertz CT molecular complexity index is 658. The van der Waals surface area contributed by atoms with Gasteiger partial charge in [0.15, 0.2) is 0 Å². The van der Waals surface area contributed by atoms with Crippen LogP contribution < -0.4 is 0 Å². The number of nitriles is 1. The van der Waals surface area contributed by atoms with Crippen LogP contribution in [0.25, 0.3) is 0 Å². The van der Waals surface area contributed by atoms with E-state index in [4.69, 9.17) is 4.74 Å². The molecule has 0 aliphatic heterocycles. The lowest BCUT2D eigenvalue weighted by Crippen LogP contribution is -2.34. The molecule has 3 heteroatoms. The van der Waals surface area contributed by atoms with Gasteiger partial charge in [-0.3, -0.25) is 4.79 Å². The predicted molar refractivity (Wildman–Crippen MR) is 154 cm³/mol. The smallest absolute Gasteiger partial charge is 0.309 e. The summed E-state index contributed by atoms with van der Waals surface area (Å²) in [6.07, 6.45) is 29.7. The van der Waals surface area contributed by atoms with Crippen molar-refractivity contribution >= 4 is 5.97 Å². The molecule has 0 aromatic rings. The van der Waals surface area contributed by atoms with E-state index in [2.05, 4.69) is 19.9 Å². The van der Waals surface area contributed by atoms with Crippen molar-refractivity contribution in [3.63, 3.8) is 0 Å². The van der Waals surface area contributed by atoms with Crippen LogP contribution in [0.5, 0.6) is 0 Å². The zero-order valence-corrected chi connectivity index (χ0v) is 24.6. The summed E-state index contributed by atoms with van der Waals surface area (Å²) in [5.41, 5.74) is -0.0382. The molecule has 0 heterocycles. The molecule has 212 valence electrons. The quantitative estimate of drug-likeness (QED) is 0.162. The summed E-state index contributed by atoms with van der Waals surface area (Å²) in [7, 11) is 0. The maximum atomic E-state index is 12.9. The van der Waals surface area contributed by atoms with Crippen LogP contribution in [0, 0.1) is 40.4 Å². The average molecular weight is 514 g/mol. The second-order valence-corrected chi connectivity index (χ2v) is 13.3. The van der Waals surface area contributed by atoms with Gasteiger partial charge in [0.2, 0.25) is 0 Å². The molecule has 0 radical (unpaired) electrons. The first kappa shape index (κ1) is 30.5. The number of carbonyl (C=O) groups excluding carboxylic acids is 1. The zero-order valence-electron chi connectivity index (χ0n) is 24.6. The standard InChI is InChI=1S/C34H59NO2/c1-3-5-7-9-11-13-28-14-16-31(17-15-28)33(36)37-32-20-18-29(19-21-32)30-22-25-34(27-35,26-23-30)24-12-10-8-6-4-2/h28-32H,3-26H2,1-2H3/t28-,29?,30?,31-,32?,34?. The monoisotopic (exact) mass is 513 g/mol. The minimum Gasteiger partial charge on any atom is -0.462 e. The SMILES string of the molecule is CCCCCCCC1(C#N)CCC(C2CCC(OC(=O)[C@H]3CC[C@H](CCCCCCC)CC3)CC2)CC1. The molecule has 0 spiro atoms. The molecule has 3 aliphatic rings. The average Bonchev–Trinajstić information content (AvgIpc) is 2.94. The molecule has 0 aromatic heterocycles. The van der Waals surface area contributed by atoms with Gasteiger partial charge in [-0.25, -0.2) is 0 Å². The Balaban J connectivity index is 1.28. The molecule has 0 saturated heterocycles. The van der Waals surface area contributed by atoms with Crippen molar-refractivity contribution in [1.82, 2.24) is 0 Å². The van der Waals surface area contributed by atoms with E-state index in [1.807, 2.05) is 0 Å². The van der Waals surface area contributed by atoms with Crippen LogP contribution >= 0.6 is 0 Å². The number of ether oxygens (including phenoxy) is 1. The first-order valence-corrected chi connectivity index (χ1v) is 16.7. The predicted octanol–water partition coefficient (Wildman–Crippen LogP) is 10.3. The minimum absolute atomic E-state index is 0.0382. The fourth-order valence-corrected chi connectivity index (χ4v) is 7.81. The number of carbonyl (C=O) groups is 1. The summed E-state index contributed by atoms with van der Waals surface area (Å²) in [5.74, 6) is 2.69. The lowest BCUT2D eigenvalue weighted by molar-refractivity contribution is -0.157. The number of nitrogens with zero attached hydrogens (tertiary/aromatic N) is 1. The fraction of sp³-hybridized carbons (Fsp3) is 0.941. The highest BCUT2D eigenvalue weighted by Crippen LogP contribution is 2.47. The van der Waals surface area contributed by atoms with Gasteiger partial charge < -0.3 is 4.74 Å². The first-order chi connectivity index (χ1) is 18.1. The van der Waals surface area contributed by atoms with Crippen LogP contribution in [0.2, 0.25) is 0 Å². The number of rotatable bonds is 15. The number of hydrogen-bond acceptors (Lipinski definition) is 3. The maximum Gasteiger partial charge on any atom is 0.309 e. The van der Waals surface area contributed by atoms with Gasteiger partial charge in [0.05, 0.1) is 17.4 Å². The maximum absolute atomic E-state index is 12.9. The Kier molecular flexibility index (Phi) is 13.9. The van der Waals surface area contributed by atoms with Gasteiger partial charge in [-0.05, 0) is 101 Å². The van der Waals surface area contributed by atoms with E-state index in [9.17, 15) is 10.1 Å². The van der Waals surface area contributed by atoms with Crippen LogP contribution in [0.3, 0.4) is 0 Å².